The lowest BCUT2D eigenvalue weighted by Gasteiger charge is -2.01. The van der Waals surface area contributed by atoms with E-state index in [-0.39, 0.29) is 0 Å². The molecule has 0 saturated carbocycles. The second-order valence-electron chi connectivity index (χ2n) is 3.36. The van der Waals surface area contributed by atoms with E-state index < -0.39 is 0 Å². The van der Waals surface area contributed by atoms with Crippen molar-refractivity contribution in [2.75, 3.05) is 0 Å². The van der Waals surface area contributed by atoms with Gasteiger partial charge in [-0.3, -0.25) is 14.6 Å². The van der Waals surface area contributed by atoms with Crippen molar-refractivity contribution in [1.29, 1.82) is 0 Å². The molecule has 0 aliphatic heterocycles. The van der Waals surface area contributed by atoms with E-state index in [2.05, 4.69) is 4.98 Å². The molecule has 2 aromatic rings. The fourth-order valence-electron chi connectivity index (χ4n) is 1.43. The average Bonchev–Trinajstić information content (AvgIpc) is 2.39. The molecule has 0 aliphatic carbocycles. The van der Waals surface area contributed by atoms with Crippen molar-refractivity contribution >= 4 is 12.6 Å². The Morgan fingerprint density at radius 3 is 2.12 bits per heavy atom. The third-order valence-corrected chi connectivity index (χ3v) is 2.28. The van der Waals surface area contributed by atoms with Gasteiger partial charge in [-0.05, 0) is 11.6 Å². The highest BCUT2D eigenvalue weighted by atomic mass is 16.1. The third kappa shape index (κ3) is 2.03. The van der Waals surface area contributed by atoms with Gasteiger partial charge in [0.2, 0.25) is 0 Å². The van der Waals surface area contributed by atoms with Crippen molar-refractivity contribution in [3.05, 3.63) is 53.9 Å². The zero-order valence-corrected chi connectivity index (χ0v) is 8.46. The third-order valence-electron chi connectivity index (χ3n) is 2.28. The molecule has 3 heteroatoms. The van der Waals surface area contributed by atoms with Crippen LogP contribution in [-0.2, 0) is 0 Å². The van der Waals surface area contributed by atoms with Crippen molar-refractivity contribution in [1.82, 2.24) is 4.98 Å². The molecule has 0 N–H and O–H groups in total. The number of aromatic nitrogens is 1. The number of carbonyl (C=O) groups is 2. The van der Waals surface area contributed by atoms with Gasteiger partial charge in [-0.2, -0.15) is 0 Å². The lowest BCUT2D eigenvalue weighted by atomic mass is 10.0. The van der Waals surface area contributed by atoms with E-state index in [1.54, 1.807) is 24.4 Å². The van der Waals surface area contributed by atoms with Crippen molar-refractivity contribution in [3.8, 4) is 11.1 Å². The Morgan fingerprint density at radius 2 is 1.50 bits per heavy atom. The molecule has 3 nitrogen and oxygen atoms in total. The first-order valence-corrected chi connectivity index (χ1v) is 4.79. The summed E-state index contributed by atoms with van der Waals surface area (Å²) in [5, 5.41) is 0. The highest BCUT2D eigenvalue weighted by Gasteiger charge is 1.99. The Kier molecular flexibility index (Phi) is 2.87. The van der Waals surface area contributed by atoms with Gasteiger partial charge in [0, 0.05) is 29.1 Å². The molecule has 0 aliphatic rings. The molecule has 1 aromatic carbocycles. The Labute approximate surface area is 92.8 Å². The number of pyridine rings is 1. The Bertz CT molecular complexity index is 518. The van der Waals surface area contributed by atoms with E-state index in [0.29, 0.717) is 11.1 Å². The molecular weight excluding hydrogens is 202 g/mol. The second-order valence-corrected chi connectivity index (χ2v) is 3.36. The monoisotopic (exact) mass is 211 g/mol. The molecule has 0 amide bonds. The van der Waals surface area contributed by atoms with E-state index in [0.717, 1.165) is 23.7 Å². The minimum Gasteiger partial charge on any atom is -0.298 e. The molecule has 0 unspecified atom stereocenters. The Hall–Kier alpha value is -2.29. The van der Waals surface area contributed by atoms with Crippen LogP contribution in [0, 0.1) is 0 Å². The van der Waals surface area contributed by atoms with E-state index in [1.807, 2.05) is 12.1 Å². The first kappa shape index (κ1) is 10.2. The molecule has 0 radical (unpaired) electrons. The molecule has 1 heterocycles. The van der Waals surface area contributed by atoms with Crippen LogP contribution in [0.15, 0.2) is 42.7 Å². The lowest BCUT2D eigenvalue weighted by molar-refractivity contribution is 0.111. The molecule has 78 valence electrons. The van der Waals surface area contributed by atoms with Crippen LogP contribution in [0.4, 0.5) is 0 Å². The zero-order chi connectivity index (χ0) is 11.4. The van der Waals surface area contributed by atoms with E-state index in [1.165, 1.54) is 6.20 Å². The molecular formula is C13H9NO2. The van der Waals surface area contributed by atoms with Crippen LogP contribution < -0.4 is 0 Å². The fraction of sp³-hybridized carbons (Fsp3) is 0. The van der Waals surface area contributed by atoms with E-state index in [4.69, 9.17) is 0 Å². The summed E-state index contributed by atoms with van der Waals surface area (Å²) in [6, 6.07) is 8.88. The molecule has 0 bridgehead atoms. The summed E-state index contributed by atoms with van der Waals surface area (Å²) in [4.78, 5) is 25.1. The maximum absolute atomic E-state index is 10.6. The molecule has 1 aromatic heterocycles. The number of rotatable bonds is 3. The number of hydrogen-bond acceptors (Lipinski definition) is 3. The van der Waals surface area contributed by atoms with Gasteiger partial charge in [0.05, 0.1) is 0 Å². The van der Waals surface area contributed by atoms with E-state index in [9.17, 15) is 9.59 Å². The van der Waals surface area contributed by atoms with Crippen LogP contribution in [0.5, 0.6) is 0 Å². The first-order valence-electron chi connectivity index (χ1n) is 4.79. The summed E-state index contributed by atoms with van der Waals surface area (Å²) in [7, 11) is 0. The maximum atomic E-state index is 10.6. The molecule has 2 rings (SSSR count). The number of hydrogen-bond donors (Lipinski definition) is 0. The van der Waals surface area contributed by atoms with E-state index >= 15 is 0 Å². The van der Waals surface area contributed by atoms with Crippen LogP contribution in [0.2, 0.25) is 0 Å². The molecule has 0 atom stereocenters. The van der Waals surface area contributed by atoms with Gasteiger partial charge in [-0.1, -0.05) is 24.3 Å². The SMILES string of the molecule is O=Cc1ccc(-c2cncc(C=O)c2)cc1. The number of aldehydes is 2. The summed E-state index contributed by atoms with van der Waals surface area (Å²) in [5.74, 6) is 0. The molecule has 0 fully saturated rings. The van der Waals surface area contributed by atoms with Gasteiger partial charge in [0.1, 0.15) is 6.29 Å². The highest BCUT2D eigenvalue weighted by molar-refractivity contribution is 5.79. The van der Waals surface area contributed by atoms with Crippen LogP contribution in [-0.4, -0.2) is 17.6 Å². The van der Waals surface area contributed by atoms with Gasteiger partial charge in [0.25, 0.3) is 0 Å². The summed E-state index contributed by atoms with van der Waals surface area (Å²) in [6.45, 7) is 0. The predicted molar refractivity (Wildman–Crippen MR) is 60.4 cm³/mol. The minimum absolute atomic E-state index is 0.539. The van der Waals surface area contributed by atoms with Crippen LogP contribution in [0.1, 0.15) is 20.7 Å². The quantitative estimate of drug-likeness (QED) is 0.732. The van der Waals surface area contributed by atoms with Crippen molar-refractivity contribution in [3.63, 3.8) is 0 Å². The first-order chi connectivity index (χ1) is 7.83. The number of benzene rings is 1. The molecule has 0 saturated heterocycles. The summed E-state index contributed by atoms with van der Waals surface area (Å²) < 4.78 is 0. The van der Waals surface area contributed by atoms with Gasteiger partial charge in [-0.15, -0.1) is 0 Å². The van der Waals surface area contributed by atoms with Crippen molar-refractivity contribution < 1.29 is 9.59 Å². The summed E-state index contributed by atoms with van der Waals surface area (Å²) in [5.41, 5.74) is 2.96. The lowest BCUT2D eigenvalue weighted by Crippen LogP contribution is -1.86. The average molecular weight is 211 g/mol. The van der Waals surface area contributed by atoms with Crippen molar-refractivity contribution in [2.45, 2.75) is 0 Å². The summed E-state index contributed by atoms with van der Waals surface area (Å²) >= 11 is 0. The Morgan fingerprint density at radius 1 is 0.812 bits per heavy atom. The predicted octanol–water partition coefficient (Wildman–Crippen LogP) is 2.37. The number of nitrogens with zero attached hydrogens (tertiary/aromatic N) is 1. The van der Waals surface area contributed by atoms with Gasteiger partial charge in [0.15, 0.2) is 6.29 Å². The minimum atomic E-state index is 0.539. The maximum Gasteiger partial charge on any atom is 0.151 e. The fourth-order valence-corrected chi connectivity index (χ4v) is 1.43. The number of carbonyl (C=O) groups excluding carboxylic acids is 2. The van der Waals surface area contributed by atoms with Crippen LogP contribution in [0.3, 0.4) is 0 Å². The van der Waals surface area contributed by atoms with Gasteiger partial charge >= 0.3 is 0 Å². The van der Waals surface area contributed by atoms with Crippen LogP contribution in [0.25, 0.3) is 11.1 Å². The second kappa shape index (κ2) is 4.49. The largest absolute Gasteiger partial charge is 0.298 e. The molecule has 16 heavy (non-hydrogen) atoms. The normalized spacial score (nSPS) is 9.75. The highest BCUT2D eigenvalue weighted by Crippen LogP contribution is 2.19. The topological polar surface area (TPSA) is 47.0 Å². The summed E-state index contributed by atoms with van der Waals surface area (Å²) in [6.07, 6.45) is 4.75. The van der Waals surface area contributed by atoms with Gasteiger partial charge < -0.3 is 0 Å². The standard InChI is InChI=1S/C13H9NO2/c15-8-10-1-3-12(4-2-10)13-5-11(9-16)6-14-7-13/h1-9H. The van der Waals surface area contributed by atoms with Crippen molar-refractivity contribution in [2.24, 2.45) is 0 Å². The van der Waals surface area contributed by atoms with Crippen LogP contribution >= 0.6 is 0 Å². The smallest absolute Gasteiger partial charge is 0.151 e. The van der Waals surface area contributed by atoms with Gasteiger partial charge in [-0.25, -0.2) is 0 Å². The zero-order valence-electron chi connectivity index (χ0n) is 8.46. The molecule has 0 spiro atoms. The Balaban J connectivity index is 2.41.